The van der Waals surface area contributed by atoms with Gasteiger partial charge in [0.1, 0.15) is 0 Å². The van der Waals surface area contributed by atoms with E-state index in [9.17, 15) is 4.79 Å². The molecule has 0 aliphatic carbocycles. The van der Waals surface area contributed by atoms with E-state index in [0.717, 1.165) is 37.1 Å². The van der Waals surface area contributed by atoms with Crippen LogP contribution in [0.25, 0.3) is 11.5 Å². The molecule has 1 aliphatic rings. The summed E-state index contributed by atoms with van der Waals surface area (Å²) in [7, 11) is 0. The van der Waals surface area contributed by atoms with Gasteiger partial charge in [0, 0.05) is 25.1 Å². The maximum absolute atomic E-state index is 12.6. The highest BCUT2D eigenvalue weighted by Crippen LogP contribution is 2.18. The Morgan fingerprint density at radius 2 is 1.83 bits per heavy atom. The summed E-state index contributed by atoms with van der Waals surface area (Å²) in [5, 5.41) is 4.04. The minimum Gasteiger partial charge on any atom is -0.378 e. The van der Waals surface area contributed by atoms with Gasteiger partial charge in [-0.2, -0.15) is 4.98 Å². The van der Waals surface area contributed by atoms with Gasteiger partial charge in [0.2, 0.25) is 5.91 Å². The van der Waals surface area contributed by atoms with E-state index in [1.165, 1.54) is 5.56 Å². The molecule has 1 amide bonds. The first-order valence-corrected chi connectivity index (χ1v) is 10.5. The predicted octanol–water partition coefficient (Wildman–Crippen LogP) is 3.84. The number of rotatable bonds is 7. The molecule has 0 saturated carbocycles. The summed E-state index contributed by atoms with van der Waals surface area (Å²) in [6.45, 7) is 4.09. The molecular weight excluding hydrogens is 378 g/mol. The van der Waals surface area contributed by atoms with E-state index < -0.39 is 0 Å². The molecule has 0 unspecified atom stereocenters. The number of hydrogen-bond acceptors (Lipinski definition) is 5. The van der Waals surface area contributed by atoms with Crippen LogP contribution < -0.4 is 0 Å². The molecular formula is C24H27N3O3. The average Bonchev–Trinajstić information content (AvgIpc) is 3.25. The molecule has 1 saturated heterocycles. The van der Waals surface area contributed by atoms with Gasteiger partial charge in [-0.15, -0.1) is 0 Å². The Hall–Kier alpha value is -2.99. The molecule has 0 bridgehead atoms. The van der Waals surface area contributed by atoms with Gasteiger partial charge < -0.3 is 14.2 Å². The summed E-state index contributed by atoms with van der Waals surface area (Å²) in [6.07, 6.45) is 2.98. The number of carbonyl (C=O) groups is 1. The quantitative estimate of drug-likeness (QED) is 0.597. The van der Waals surface area contributed by atoms with Crippen molar-refractivity contribution in [3.63, 3.8) is 0 Å². The molecule has 1 aromatic heterocycles. The van der Waals surface area contributed by atoms with Gasteiger partial charge in [-0.25, -0.2) is 0 Å². The van der Waals surface area contributed by atoms with E-state index in [0.29, 0.717) is 31.2 Å². The predicted molar refractivity (Wildman–Crippen MR) is 114 cm³/mol. The SMILES string of the molecule is Cc1ccccc1CC(=O)N1CCC(OCCc2noc(-c3ccccc3)n2)CC1. The number of nitrogens with zero attached hydrogens (tertiary/aromatic N) is 3. The third-order valence-corrected chi connectivity index (χ3v) is 5.57. The summed E-state index contributed by atoms with van der Waals surface area (Å²) >= 11 is 0. The summed E-state index contributed by atoms with van der Waals surface area (Å²) in [5.41, 5.74) is 3.19. The first-order chi connectivity index (χ1) is 14.7. The highest BCUT2D eigenvalue weighted by Gasteiger charge is 2.23. The van der Waals surface area contributed by atoms with Crippen LogP contribution in [0.15, 0.2) is 59.1 Å². The molecule has 1 aliphatic heterocycles. The summed E-state index contributed by atoms with van der Waals surface area (Å²) in [6, 6.07) is 17.8. The van der Waals surface area contributed by atoms with Crippen LogP contribution in [0.5, 0.6) is 0 Å². The van der Waals surface area contributed by atoms with Crippen LogP contribution in [0.4, 0.5) is 0 Å². The first-order valence-electron chi connectivity index (χ1n) is 10.5. The molecule has 0 radical (unpaired) electrons. The van der Waals surface area contributed by atoms with Crippen LogP contribution in [-0.4, -0.2) is 46.7 Å². The lowest BCUT2D eigenvalue weighted by Gasteiger charge is -2.32. The number of benzene rings is 2. The largest absolute Gasteiger partial charge is 0.378 e. The zero-order chi connectivity index (χ0) is 20.8. The van der Waals surface area contributed by atoms with E-state index in [1.54, 1.807) is 0 Å². The molecule has 4 rings (SSSR count). The fraction of sp³-hybridized carbons (Fsp3) is 0.375. The minimum absolute atomic E-state index is 0.174. The van der Waals surface area contributed by atoms with Crippen molar-refractivity contribution in [1.82, 2.24) is 15.0 Å². The van der Waals surface area contributed by atoms with Crippen molar-refractivity contribution in [3.05, 3.63) is 71.5 Å². The van der Waals surface area contributed by atoms with Gasteiger partial charge in [0.25, 0.3) is 5.89 Å². The molecule has 1 fully saturated rings. The molecule has 0 N–H and O–H groups in total. The van der Waals surface area contributed by atoms with Gasteiger partial charge in [0.05, 0.1) is 19.1 Å². The van der Waals surface area contributed by atoms with E-state index in [1.807, 2.05) is 53.4 Å². The Balaban J connectivity index is 1.19. The highest BCUT2D eigenvalue weighted by molar-refractivity contribution is 5.79. The normalized spacial score (nSPS) is 14.8. The number of ether oxygens (including phenoxy) is 1. The zero-order valence-corrected chi connectivity index (χ0v) is 17.3. The molecule has 0 atom stereocenters. The van der Waals surface area contributed by atoms with E-state index in [-0.39, 0.29) is 12.0 Å². The Labute approximate surface area is 176 Å². The van der Waals surface area contributed by atoms with Crippen molar-refractivity contribution in [1.29, 1.82) is 0 Å². The van der Waals surface area contributed by atoms with E-state index in [4.69, 9.17) is 9.26 Å². The first kappa shape index (κ1) is 20.3. The Morgan fingerprint density at radius 1 is 1.10 bits per heavy atom. The van der Waals surface area contributed by atoms with Crippen molar-refractivity contribution in [2.75, 3.05) is 19.7 Å². The highest BCUT2D eigenvalue weighted by atomic mass is 16.5. The lowest BCUT2D eigenvalue weighted by molar-refractivity contribution is -0.133. The lowest BCUT2D eigenvalue weighted by Crippen LogP contribution is -2.41. The number of amides is 1. The smallest absolute Gasteiger partial charge is 0.257 e. The molecule has 2 heterocycles. The molecule has 0 spiro atoms. The lowest BCUT2D eigenvalue weighted by atomic mass is 10.0. The number of aryl methyl sites for hydroxylation is 1. The number of piperidine rings is 1. The van der Waals surface area contributed by atoms with Gasteiger partial charge in [-0.1, -0.05) is 47.6 Å². The van der Waals surface area contributed by atoms with Crippen LogP contribution in [0, 0.1) is 6.92 Å². The van der Waals surface area contributed by atoms with Crippen molar-refractivity contribution in [2.45, 2.75) is 38.7 Å². The fourth-order valence-electron chi connectivity index (χ4n) is 3.73. The van der Waals surface area contributed by atoms with Crippen molar-refractivity contribution in [2.24, 2.45) is 0 Å². The second-order valence-electron chi connectivity index (χ2n) is 7.69. The average molecular weight is 405 g/mol. The number of likely N-dealkylation sites (tertiary alicyclic amines) is 1. The molecule has 30 heavy (non-hydrogen) atoms. The third-order valence-electron chi connectivity index (χ3n) is 5.57. The number of hydrogen-bond donors (Lipinski definition) is 0. The topological polar surface area (TPSA) is 68.5 Å². The second-order valence-corrected chi connectivity index (χ2v) is 7.69. The third kappa shape index (κ3) is 5.13. The van der Waals surface area contributed by atoms with Gasteiger partial charge >= 0.3 is 0 Å². The van der Waals surface area contributed by atoms with Crippen LogP contribution in [-0.2, 0) is 22.4 Å². The van der Waals surface area contributed by atoms with Crippen LogP contribution in [0.2, 0.25) is 0 Å². The summed E-state index contributed by atoms with van der Waals surface area (Å²) in [5.74, 6) is 1.38. The minimum atomic E-state index is 0.174. The standard InChI is InChI=1S/C24H27N3O3/c1-18-7-5-6-10-20(18)17-23(28)27-14-11-21(12-15-27)29-16-13-22-25-24(30-26-22)19-8-3-2-4-9-19/h2-10,21H,11-17H2,1H3. The van der Waals surface area contributed by atoms with Crippen LogP contribution in [0.3, 0.4) is 0 Å². The Bertz CT molecular complexity index is 963. The maximum atomic E-state index is 12.6. The zero-order valence-electron chi connectivity index (χ0n) is 17.3. The van der Waals surface area contributed by atoms with Crippen LogP contribution >= 0.6 is 0 Å². The van der Waals surface area contributed by atoms with Gasteiger partial charge in [-0.05, 0) is 43.0 Å². The number of carbonyl (C=O) groups excluding carboxylic acids is 1. The summed E-state index contributed by atoms with van der Waals surface area (Å²) < 4.78 is 11.3. The van der Waals surface area contributed by atoms with E-state index >= 15 is 0 Å². The van der Waals surface area contributed by atoms with Crippen molar-refractivity contribution < 1.29 is 14.1 Å². The van der Waals surface area contributed by atoms with Gasteiger partial charge in [0.15, 0.2) is 5.82 Å². The van der Waals surface area contributed by atoms with E-state index in [2.05, 4.69) is 23.1 Å². The molecule has 2 aromatic carbocycles. The molecule has 3 aromatic rings. The molecule has 156 valence electrons. The Morgan fingerprint density at radius 3 is 2.60 bits per heavy atom. The molecule has 6 heteroatoms. The summed E-state index contributed by atoms with van der Waals surface area (Å²) in [4.78, 5) is 19.0. The Kier molecular flexibility index (Phi) is 6.54. The van der Waals surface area contributed by atoms with Crippen molar-refractivity contribution in [3.8, 4) is 11.5 Å². The second kappa shape index (κ2) is 9.67. The fourth-order valence-corrected chi connectivity index (χ4v) is 3.73. The van der Waals surface area contributed by atoms with Crippen LogP contribution in [0.1, 0.15) is 29.8 Å². The monoisotopic (exact) mass is 405 g/mol. The maximum Gasteiger partial charge on any atom is 0.257 e. The molecule has 6 nitrogen and oxygen atoms in total. The van der Waals surface area contributed by atoms with Crippen molar-refractivity contribution >= 4 is 5.91 Å². The number of aromatic nitrogens is 2. The van der Waals surface area contributed by atoms with Gasteiger partial charge in [-0.3, -0.25) is 4.79 Å².